The van der Waals surface area contributed by atoms with Crippen LogP contribution in [0, 0.1) is 0 Å². The molecule has 3 aromatic heterocycles. The molecule has 0 atom stereocenters. The van der Waals surface area contributed by atoms with Crippen molar-refractivity contribution in [1.29, 1.82) is 0 Å². The SMILES string of the molecule is Clc1ccc(-c2nc3cc(Br)ccn3n2)o1. The molecule has 3 heterocycles. The van der Waals surface area contributed by atoms with E-state index in [0.717, 1.165) is 10.1 Å². The van der Waals surface area contributed by atoms with Crippen LogP contribution < -0.4 is 0 Å². The van der Waals surface area contributed by atoms with Crippen molar-refractivity contribution in [3.63, 3.8) is 0 Å². The molecule has 3 aromatic rings. The van der Waals surface area contributed by atoms with Crippen molar-refractivity contribution in [3.8, 4) is 11.6 Å². The summed E-state index contributed by atoms with van der Waals surface area (Å²) < 4.78 is 7.88. The van der Waals surface area contributed by atoms with E-state index >= 15 is 0 Å². The average molecular weight is 299 g/mol. The lowest BCUT2D eigenvalue weighted by molar-refractivity contribution is 0.579. The molecule has 0 aliphatic rings. The first-order valence-corrected chi connectivity index (χ1v) is 5.67. The molecule has 3 rings (SSSR count). The standard InChI is InChI=1S/C10H5BrClN3O/c11-6-3-4-15-9(5-6)13-10(14-15)7-1-2-8(12)16-7/h1-5H. The van der Waals surface area contributed by atoms with E-state index in [1.807, 2.05) is 18.3 Å². The predicted molar refractivity (Wildman–Crippen MR) is 63.4 cm³/mol. The first-order valence-electron chi connectivity index (χ1n) is 4.50. The number of pyridine rings is 1. The van der Waals surface area contributed by atoms with Gasteiger partial charge in [-0.25, -0.2) is 9.50 Å². The van der Waals surface area contributed by atoms with Crippen molar-refractivity contribution in [1.82, 2.24) is 14.6 Å². The Morgan fingerprint density at radius 3 is 2.94 bits per heavy atom. The Kier molecular flexibility index (Phi) is 2.22. The zero-order valence-corrected chi connectivity index (χ0v) is 10.2. The molecule has 6 heteroatoms. The molecule has 0 amide bonds. The van der Waals surface area contributed by atoms with Crippen molar-refractivity contribution >= 4 is 33.2 Å². The molecule has 0 spiro atoms. The monoisotopic (exact) mass is 297 g/mol. The Morgan fingerprint density at radius 2 is 2.19 bits per heavy atom. The van der Waals surface area contributed by atoms with Gasteiger partial charge in [-0.15, -0.1) is 5.10 Å². The van der Waals surface area contributed by atoms with Gasteiger partial charge in [0, 0.05) is 10.7 Å². The van der Waals surface area contributed by atoms with Crippen molar-refractivity contribution in [2.45, 2.75) is 0 Å². The number of halogens is 2. The summed E-state index contributed by atoms with van der Waals surface area (Å²) in [5, 5.41) is 4.60. The van der Waals surface area contributed by atoms with Gasteiger partial charge in [0.15, 0.2) is 16.6 Å². The molecular weight excluding hydrogens is 293 g/mol. The van der Waals surface area contributed by atoms with Gasteiger partial charge in [-0.05, 0) is 35.9 Å². The highest BCUT2D eigenvalue weighted by molar-refractivity contribution is 9.10. The molecule has 0 radical (unpaired) electrons. The molecule has 0 fully saturated rings. The molecule has 0 saturated carbocycles. The third-order valence-electron chi connectivity index (χ3n) is 2.09. The lowest BCUT2D eigenvalue weighted by atomic mass is 10.4. The molecule has 0 aliphatic heterocycles. The number of fused-ring (bicyclic) bond motifs is 1. The third kappa shape index (κ3) is 1.62. The Hall–Kier alpha value is -1.33. The van der Waals surface area contributed by atoms with Gasteiger partial charge in [0.2, 0.25) is 5.82 Å². The Bertz CT molecular complexity index is 661. The highest BCUT2D eigenvalue weighted by atomic mass is 79.9. The van der Waals surface area contributed by atoms with Crippen LogP contribution in [0.5, 0.6) is 0 Å². The van der Waals surface area contributed by atoms with Gasteiger partial charge < -0.3 is 4.42 Å². The summed E-state index contributed by atoms with van der Waals surface area (Å²) in [4.78, 5) is 4.33. The van der Waals surface area contributed by atoms with Crippen LogP contribution in [0.2, 0.25) is 5.22 Å². The van der Waals surface area contributed by atoms with Gasteiger partial charge >= 0.3 is 0 Å². The lowest BCUT2D eigenvalue weighted by Crippen LogP contribution is -1.85. The second-order valence-corrected chi connectivity index (χ2v) is 4.48. The van der Waals surface area contributed by atoms with E-state index in [-0.39, 0.29) is 0 Å². The highest BCUT2D eigenvalue weighted by Gasteiger charge is 2.10. The van der Waals surface area contributed by atoms with E-state index in [1.54, 1.807) is 16.6 Å². The van der Waals surface area contributed by atoms with Crippen molar-refractivity contribution < 1.29 is 4.42 Å². The number of hydrogen-bond acceptors (Lipinski definition) is 3. The average Bonchev–Trinajstić information content (AvgIpc) is 2.83. The second kappa shape index (κ2) is 3.61. The van der Waals surface area contributed by atoms with Crippen LogP contribution in [0.25, 0.3) is 17.2 Å². The highest BCUT2D eigenvalue weighted by Crippen LogP contribution is 2.22. The minimum absolute atomic E-state index is 0.329. The smallest absolute Gasteiger partial charge is 0.217 e. The van der Waals surface area contributed by atoms with Gasteiger partial charge in [-0.3, -0.25) is 0 Å². The molecule has 4 nitrogen and oxygen atoms in total. The number of furan rings is 1. The summed E-state index contributed by atoms with van der Waals surface area (Å²) in [5.41, 5.74) is 0.747. The van der Waals surface area contributed by atoms with Crippen molar-refractivity contribution in [2.24, 2.45) is 0 Å². The van der Waals surface area contributed by atoms with Crippen molar-refractivity contribution in [3.05, 3.63) is 40.2 Å². The Balaban J connectivity index is 2.18. The van der Waals surface area contributed by atoms with E-state index in [2.05, 4.69) is 26.0 Å². The Labute approximate surface area is 104 Å². The van der Waals surface area contributed by atoms with E-state index in [4.69, 9.17) is 16.0 Å². The van der Waals surface area contributed by atoms with Crippen LogP contribution in [0.15, 0.2) is 39.4 Å². The topological polar surface area (TPSA) is 43.3 Å². The molecule has 80 valence electrons. The zero-order chi connectivity index (χ0) is 11.1. The summed E-state index contributed by atoms with van der Waals surface area (Å²) in [6.07, 6.45) is 1.82. The van der Waals surface area contributed by atoms with E-state index in [0.29, 0.717) is 16.8 Å². The van der Waals surface area contributed by atoms with Crippen LogP contribution in [0.1, 0.15) is 0 Å². The van der Waals surface area contributed by atoms with E-state index in [1.165, 1.54) is 0 Å². The number of hydrogen-bond donors (Lipinski definition) is 0. The lowest BCUT2D eigenvalue weighted by Gasteiger charge is -1.89. The van der Waals surface area contributed by atoms with Gasteiger partial charge in [-0.2, -0.15) is 0 Å². The molecule has 0 saturated heterocycles. The summed E-state index contributed by atoms with van der Waals surface area (Å²) in [6, 6.07) is 7.17. The van der Waals surface area contributed by atoms with Gasteiger partial charge in [0.25, 0.3) is 0 Å². The molecule has 0 unspecified atom stereocenters. The maximum Gasteiger partial charge on any atom is 0.217 e. The summed E-state index contributed by atoms with van der Waals surface area (Å²) in [7, 11) is 0. The molecule has 16 heavy (non-hydrogen) atoms. The van der Waals surface area contributed by atoms with Crippen LogP contribution in [-0.4, -0.2) is 14.6 Å². The zero-order valence-electron chi connectivity index (χ0n) is 7.89. The third-order valence-corrected chi connectivity index (χ3v) is 2.79. The largest absolute Gasteiger partial charge is 0.441 e. The molecule has 0 aliphatic carbocycles. The van der Waals surface area contributed by atoms with E-state index < -0.39 is 0 Å². The quantitative estimate of drug-likeness (QED) is 0.691. The Morgan fingerprint density at radius 1 is 1.31 bits per heavy atom. The normalized spacial score (nSPS) is 11.1. The summed E-state index contributed by atoms with van der Waals surface area (Å²) in [5.74, 6) is 1.08. The molecular formula is C10H5BrClN3O. The van der Waals surface area contributed by atoms with Crippen molar-refractivity contribution in [2.75, 3.05) is 0 Å². The maximum absolute atomic E-state index is 5.70. The second-order valence-electron chi connectivity index (χ2n) is 3.19. The van der Waals surface area contributed by atoms with Gasteiger partial charge in [0.05, 0.1) is 0 Å². The van der Waals surface area contributed by atoms with E-state index in [9.17, 15) is 0 Å². The fraction of sp³-hybridized carbons (Fsp3) is 0. The van der Waals surface area contributed by atoms with Crippen LogP contribution in [-0.2, 0) is 0 Å². The van der Waals surface area contributed by atoms with Crippen LogP contribution >= 0.6 is 27.5 Å². The summed E-state index contributed by atoms with van der Waals surface area (Å²) in [6.45, 7) is 0. The number of nitrogens with zero attached hydrogens (tertiary/aromatic N) is 3. The maximum atomic E-state index is 5.70. The fourth-order valence-electron chi connectivity index (χ4n) is 1.40. The molecule has 0 bridgehead atoms. The number of rotatable bonds is 1. The minimum Gasteiger partial charge on any atom is -0.441 e. The minimum atomic E-state index is 0.329. The van der Waals surface area contributed by atoms with Gasteiger partial charge in [0.1, 0.15) is 0 Å². The first kappa shape index (κ1) is 9.86. The molecule has 0 aromatic carbocycles. The van der Waals surface area contributed by atoms with Gasteiger partial charge in [-0.1, -0.05) is 15.9 Å². The number of aromatic nitrogens is 3. The fourth-order valence-corrected chi connectivity index (χ4v) is 1.86. The summed E-state index contributed by atoms with van der Waals surface area (Å²) >= 11 is 9.07. The van der Waals surface area contributed by atoms with Crippen LogP contribution in [0.4, 0.5) is 0 Å². The van der Waals surface area contributed by atoms with Crippen LogP contribution in [0.3, 0.4) is 0 Å². The molecule has 0 N–H and O–H groups in total. The predicted octanol–water partition coefficient (Wildman–Crippen LogP) is 3.41. The first-order chi connectivity index (χ1) is 7.72.